The Morgan fingerprint density at radius 2 is 2.37 bits per heavy atom. The summed E-state index contributed by atoms with van der Waals surface area (Å²) in [6.45, 7) is 2.84. The molecule has 3 atom stereocenters. The molecule has 2 heterocycles. The number of piperidine rings is 1. The van der Waals surface area contributed by atoms with Gasteiger partial charge >= 0.3 is 0 Å². The molecule has 104 valence electrons. The molecule has 2 fully saturated rings. The van der Waals surface area contributed by atoms with Crippen molar-refractivity contribution in [2.75, 3.05) is 11.3 Å². The molecule has 1 aromatic rings. The van der Waals surface area contributed by atoms with E-state index in [1.807, 2.05) is 11.2 Å². The largest absolute Gasteiger partial charge is 0.573 e. The molecule has 7 heteroatoms. The molecular weight excluding hydrogens is 350 g/mol. The van der Waals surface area contributed by atoms with Crippen molar-refractivity contribution in [1.29, 1.82) is 0 Å². The third-order valence-corrected chi connectivity index (χ3v) is 6.33. The lowest BCUT2D eigenvalue weighted by Gasteiger charge is -2.27. The van der Waals surface area contributed by atoms with Crippen molar-refractivity contribution in [3.05, 3.63) is 21.4 Å². The van der Waals surface area contributed by atoms with Gasteiger partial charge in [-0.25, -0.2) is 4.98 Å². The average Bonchev–Trinajstić information content (AvgIpc) is 3.01. The fourth-order valence-electron chi connectivity index (χ4n) is 2.90. The summed E-state index contributed by atoms with van der Waals surface area (Å²) in [5.41, 5.74) is 1.58. The SMILES string of the molecule is Cc1c(Br)cnc(Cl)c1N[S+]([O-])N1CC2CCC1C2. The predicted molar refractivity (Wildman–Crippen MR) is 81.3 cm³/mol. The van der Waals surface area contributed by atoms with Crippen LogP contribution in [0.4, 0.5) is 5.69 Å². The van der Waals surface area contributed by atoms with Crippen LogP contribution in [-0.4, -0.2) is 26.4 Å². The number of nitrogens with one attached hydrogen (secondary N) is 1. The Kier molecular flexibility index (Phi) is 3.97. The smallest absolute Gasteiger partial charge is 0.166 e. The number of anilines is 1. The summed E-state index contributed by atoms with van der Waals surface area (Å²) in [5, 5.41) is 0.360. The van der Waals surface area contributed by atoms with Gasteiger partial charge in [0.05, 0.1) is 12.6 Å². The van der Waals surface area contributed by atoms with Gasteiger partial charge < -0.3 is 4.55 Å². The Bertz CT molecular complexity index is 504. The van der Waals surface area contributed by atoms with Crippen molar-refractivity contribution in [3.63, 3.8) is 0 Å². The molecule has 4 nitrogen and oxygen atoms in total. The van der Waals surface area contributed by atoms with Crippen LogP contribution in [0.5, 0.6) is 0 Å². The van der Waals surface area contributed by atoms with Gasteiger partial charge in [-0.2, -0.15) is 4.72 Å². The molecule has 0 spiro atoms. The van der Waals surface area contributed by atoms with E-state index in [0.717, 1.165) is 23.0 Å². The molecule has 1 aliphatic heterocycles. The zero-order chi connectivity index (χ0) is 13.6. The fourth-order valence-corrected chi connectivity index (χ4v) is 4.84. The number of rotatable bonds is 3. The van der Waals surface area contributed by atoms with Gasteiger partial charge in [-0.05, 0) is 53.6 Å². The van der Waals surface area contributed by atoms with Crippen molar-refractivity contribution < 1.29 is 4.55 Å². The first kappa shape index (κ1) is 13.9. The second-order valence-corrected chi connectivity index (χ2v) is 7.56. The number of halogens is 2. The monoisotopic (exact) mass is 363 g/mol. The minimum Gasteiger partial charge on any atom is -0.573 e. The van der Waals surface area contributed by atoms with Crippen LogP contribution in [0, 0.1) is 12.8 Å². The molecule has 1 saturated carbocycles. The molecule has 0 amide bonds. The summed E-state index contributed by atoms with van der Waals surface area (Å²) >= 11 is 8.26. The van der Waals surface area contributed by atoms with Crippen molar-refractivity contribution in [2.24, 2.45) is 5.92 Å². The summed E-state index contributed by atoms with van der Waals surface area (Å²) < 4.78 is 18.4. The second kappa shape index (κ2) is 5.41. The molecule has 19 heavy (non-hydrogen) atoms. The lowest BCUT2D eigenvalue weighted by molar-refractivity contribution is 0.335. The van der Waals surface area contributed by atoms with Crippen LogP contribution < -0.4 is 4.72 Å². The molecule has 2 aliphatic rings. The van der Waals surface area contributed by atoms with Gasteiger partial charge in [-0.1, -0.05) is 11.6 Å². The van der Waals surface area contributed by atoms with E-state index in [0.29, 0.717) is 22.8 Å². The fraction of sp³-hybridized carbons (Fsp3) is 0.583. The van der Waals surface area contributed by atoms with E-state index in [2.05, 4.69) is 25.6 Å². The zero-order valence-electron chi connectivity index (χ0n) is 10.5. The highest BCUT2D eigenvalue weighted by atomic mass is 79.9. The molecule has 1 aromatic heterocycles. The number of nitrogens with zero attached hydrogens (tertiary/aromatic N) is 2. The minimum atomic E-state index is -1.24. The van der Waals surface area contributed by atoms with E-state index in [1.165, 1.54) is 12.8 Å². The van der Waals surface area contributed by atoms with Crippen LogP contribution in [0.25, 0.3) is 0 Å². The first-order chi connectivity index (χ1) is 9.06. The maximum absolute atomic E-state index is 12.4. The van der Waals surface area contributed by atoms with Crippen molar-refractivity contribution >= 4 is 44.8 Å². The van der Waals surface area contributed by atoms with Gasteiger partial charge in [0.25, 0.3) is 0 Å². The Hall–Kier alpha value is -0.0100. The number of hydrogen-bond donors (Lipinski definition) is 1. The van der Waals surface area contributed by atoms with Gasteiger partial charge in [0.2, 0.25) is 0 Å². The van der Waals surface area contributed by atoms with E-state index >= 15 is 0 Å². The molecular formula is C12H15BrClN3OS. The van der Waals surface area contributed by atoms with Gasteiger partial charge in [0.15, 0.2) is 16.7 Å². The first-order valence-electron chi connectivity index (χ1n) is 6.32. The molecule has 0 radical (unpaired) electrons. The van der Waals surface area contributed by atoms with Crippen LogP contribution in [0.15, 0.2) is 10.7 Å². The quantitative estimate of drug-likeness (QED) is 0.660. The lowest BCUT2D eigenvalue weighted by atomic mass is 10.1. The van der Waals surface area contributed by atoms with Crippen LogP contribution in [0.3, 0.4) is 0 Å². The topological polar surface area (TPSA) is 51.2 Å². The Morgan fingerprint density at radius 3 is 3.00 bits per heavy atom. The second-order valence-electron chi connectivity index (χ2n) is 5.18. The lowest BCUT2D eigenvalue weighted by Crippen LogP contribution is -2.41. The van der Waals surface area contributed by atoms with Gasteiger partial charge in [0.1, 0.15) is 5.69 Å². The van der Waals surface area contributed by atoms with Gasteiger partial charge in [0, 0.05) is 10.7 Å². The van der Waals surface area contributed by atoms with E-state index < -0.39 is 11.5 Å². The third-order valence-electron chi connectivity index (χ3n) is 3.99. The Labute approximate surface area is 129 Å². The highest BCUT2D eigenvalue weighted by Gasteiger charge is 2.44. The molecule has 1 saturated heterocycles. The van der Waals surface area contributed by atoms with Crippen LogP contribution >= 0.6 is 27.5 Å². The van der Waals surface area contributed by atoms with Crippen molar-refractivity contribution in [3.8, 4) is 0 Å². The minimum absolute atomic E-state index is 0.360. The summed E-state index contributed by atoms with van der Waals surface area (Å²) in [5.74, 6) is 0.716. The number of pyridine rings is 1. The molecule has 1 aliphatic carbocycles. The zero-order valence-corrected chi connectivity index (χ0v) is 13.7. The van der Waals surface area contributed by atoms with E-state index in [9.17, 15) is 4.55 Å². The van der Waals surface area contributed by atoms with Gasteiger partial charge in [-0.15, -0.1) is 4.31 Å². The molecule has 2 bridgehead atoms. The normalized spacial score (nSPS) is 27.8. The standard InChI is InChI=1S/C12H15BrClN3OS/c1-7-10(13)5-15-12(14)11(7)16-19(18)17-6-8-2-3-9(17)4-8/h5,8-9,16H,2-4,6H2,1H3. The third kappa shape index (κ3) is 2.61. The predicted octanol–water partition coefficient (Wildman–Crippen LogP) is 3.28. The Balaban J connectivity index is 1.76. The molecule has 3 unspecified atom stereocenters. The summed E-state index contributed by atoms with van der Waals surface area (Å²) in [6.07, 6.45) is 5.26. The summed E-state index contributed by atoms with van der Waals surface area (Å²) in [7, 11) is 0. The first-order valence-corrected chi connectivity index (χ1v) is 8.60. The molecule has 3 rings (SSSR count). The van der Waals surface area contributed by atoms with Crippen LogP contribution in [-0.2, 0) is 11.5 Å². The van der Waals surface area contributed by atoms with Crippen LogP contribution in [0.2, 0.25) is 5.15 Å². The molecule has 1 N–H and O–H groups in total. The van der Waals surface area contributed by atoms with E-state index in [4.69, 9.17) is 11.6 Å². The molecule has 0 aromatic carbocycles. The maximum Gasteiger partial charge on any atom is 0.166 e. The van der Waals surface area contributed by atoms with Crippen molar-refractivity contribution in [2.45, 2.75) is 32.2 Å². The Morgan fingerprint density at radius 1 is 1.58 bits per heavy atom. The number of fused-ring (bicyclic) bond motifs is 2. The average molecular weight is 365 g/mol. The van der Waals surface area contributed by atoms with E-state index in [1.54, 1.807) is 6.20 Å². The van der Waals surface area contributed by atoms with Gasteiger partial charge in [-0.3, -0.25) is 0 Å². The summed E-state index contributed by atoms with van der Waals surface area (Å²) in [6, 6.07) is 0.456. The van der Waals surface area contributed by atoms with Crippen LogP contribution in [0.1, 0.15) is 24.8 Å². The number of hydrogen-bond acceptors (Lipinski definition) is 4. The summed E-state index contributed by atoms with van der Waals surface area (Å²) in [4.78, 5) is 4.07. The maximum atomic E-state index is 12.4. The van der Waals surface area contributed by atoms with E-state index in [-0.39, 0.29) is 0 Å². The highest BCUT2D eigenvalue weighted by Crippen LogP contribution is 2.40. The number of aromatic nitrogens is 1. The highest BCUT2D eigenvalue weighted by molar-refractivity contribution is 9.10. The van der Waals surface area contributed by atoms with Crippen molar-refractivity contribution in [1.82, 2.24) is 9.29 Å².